The van der Waals surface area contributed by atoms with Crippen LogP contribution in [0.25, 0.3) is 22.4 Å². The maximum atomic E-state index is 12.3. The molecule has 1 amide bonds. The zero-order valence-electron chi connectivity index (χ0n) is 13.5. The van der Waals surface area contributed by atoms with Crippen molar-refractivity contribution in [2.45, 2.75) is 13.3 Å². The first-order valence-electron chi connectivity index (χ1n) is 7.81. The van der Waals surface area contributed by atoms with Crippen molar-refractivity contribution < 1.29 is 9.32 Å². The molecule has 0 aliphatic heterocycles. The van der Waals surface area contributed by atoms with E-state index in [0.717, 1.165) is 16.8 Å². The summed E-state index contributed by atoms with van der Waals surface area (Å²) in [7, 11) is 0. The van der Waals surface area contributed by atoms with Crippen LogP contribution in [0, 0.1) is 6.92 Å². The molecule has 7 heteroatoms. The second-order valence-corrected chi connectivity index (χ2v) is 5.68. The van der Waals surface area contributed by atoms with E-state index in [-0.39, 0.29) is 12.3 Å². The predicted octanol–water partition coefficient (Wildman–Crippen LogP) is 3.10. The summed E-state index contributed by atoms with van der Waals surface area (Å²) < 4.78 is 5.23. The Morgan fingerprint density at radius 3 is 2.92 bits per heavy atom. The minimum atomic E-state index is -0.164. The number of carbonyl (C=O) groups is 1. The van der Waals surface area contributed by atoms with E-state index in [9.17, 15) is 4.79 Å². The van der Waals surface area contributed by atoms with Crippen molar-refractivity contribution in [3.05, 3.63) is 60.0 Å². The number of amides is 1. The van der Waals surface area contributed by atoms with Gasteiger partial charge in [-0.05, 0) is 31.2 Å². The summed E-state index contributed by atoms with van der Waals surface area (Å²) in [5, 5.41) is 14.6. The third-order valence-electron chi connectivity index (χ3n) is 3.78. The largest absolute Gasteiger partial charge is 0.356 e. The maximum absolute atomic E-state index is 12.3. The Morgan fingerprint density at radius 1 is 1.20 bits per heavy atom. The van der Waals surface area contributed by atoms with Gasteiger partial charge in [0.1, 0.15) is 11.5 Å². The third kappa shape index (κ3) is 3.12. The number of para-hydroxylation sites is 1. The molecule has 2 aromatic heterocycles. The summed E-state index contributed by atoms with van der Waals surface area (Å²) in [6, 6.07) is 14.9. The lowest BCUT2D eigenvalue weighted by atomic mass is 10.1. The smallest absolute Gasteiger partial charge is 0.230 e. The highest BCUT2D eigenvalue weighted by molar-refractivity contribution is 5.95. The number of nitrogens with zero attached hydrogens (tertiary/aromatic N) is 3. The number of rotatable bonds is 4. The van der Waals surface area contributed by atoms with Gasteiger partial charge in [0.15, 0.2) is 11.4 Å². The first kappa shape index (κ1) is 15.1. The Bertz CT molecular complexity index is 1050. The van der Waals surface area contributed by atoms with Gasteiger partial charge in [-0.3, -0.25) is 9.89 Å². The summed E-state index contributed by atoms with van der Waals surface area (Å²) >= 11 is 0. The molecule has 25 heavy (non-hydrogen) atoms. The first-order chi connectivity index (χ1) is 12.2. The number of H-pyrrole nitrogens is 1. The van der Waals surface area contributed by atoms with Gasteiger partial charge in [0.05, 0.1) is 6.42 Å². The number of hydrogen-bond acceptors (Lipinski definition) is 5. The molecule has 0 spiro atoms. The molecule has 2 heterocycles. The molecule has 0 fully saturated rings. The van der Waals surface area contributed by atoms with Crippen LogP contribution in [0.3, 0.4) is 0 Å². The number of carbonyl (C=O) groups excluding carboxylic acids is 1. The average molecular weight is 333 g/mol. The summed E-state index contributed by atoms with van der Waals surface area (Å²) in [5.74, 6) is 1.17. The van der Waals surface area contributed by atoms with Crippen molar-refractivity contribution in [1.29, 1.82) is 0 Å². The average Bonchev–Trinajstić information content (AvgIpc) is 3.22. The van der Waals surface area contributed by atoms with E-state index < -0.39 is 0 Å². The molecule has 0 saturated carbocycles. The number of anilines is 1. The van der Waals surface area contributed by atoms with E-state index in [1.54, 1.807) is 0 Å². The van der Waals surface area contributed by atoms with Crippen LogP contribution in [-0.2, 0) is 11.2 Å². The lowest BCUT2D eigenvalue weighted by molar-refractivity contribution is -0.115. The topological polar surface area (TPSA) is 96.7 Å². The van der Waals surface area contributed by atoms with Crippen LogP contribution in [0.1, 0.15) is 11.5 Å². The molecule has 2 N–H and O–H groups in total. The van der Waals surface area contributed by atoms with E-state index in [2.05, 4.69) is 25.7 Å². The molecular formula is C18H15N5O2. The normalized spacial score (nSPS) is 10.9. The van der Waals surface area contributed by atoms with Gasteiger partial charge < -0.3 is 9.84 Å². The van der Waals surface area contributed by atoms with Gasteiger partial charge in [0, 0.05) is 16.6 Å². The van der Waals surface area contributed by atoms with Crippen molar-refractivity contribution in [2.24, 2.45) is 0 Å². The Hall–Kier alpha value is -3.48. The fourth-order valence-electron chi connectivity index (χ4n) is 2.63. The summed E-state index contributed by atoms with van der Waals surface area (Å²) in [6.07, 6.45) is 0.140. The zero-order chi connectivity index (χ0) is 17.2. The molecule has 4 rings (SSSR count). The van der Waals surface area contributed by atoms with Crippen molar-refractivity contribution in [3.8, 4) is 11.4 Å². The van der Waals surface area contributed by atoms with Crippen LogP contribution >= 0.6 is 0 Å². The van der Waals surface area contributed by atoms with Crippen LogP contribution < -0.4 is 5.32 Å². The molecule has 7 nitrogen and oxygen atoms in total. The summed E-state index contributed by atoms with van der Waals surface area (Å²) in [5.41, 5.74) is 2.80. The van der Waals surface area contributed by atoms with Gasteiger partial charge in [0.25, 0.3) is 0 Å². The van der Waals surface area contributed by atoms with Crippen LogP contribution in [0.2, 0.25) is 0 Å². The van der Waals surface area contributed by atoms with E-state index in [1.807, 2.05) is 55.5 Å². The number of benzene rings is 2. The quantitative estimate of drug-likeness (QED) is 0.598. The minimum Gasteiger partial charge on any atom is -0.356 e. The van der Waals surface area contributed by atoms with Crippen LogP contribution in [0.4, 0.5) is 5.69 Å². The number of fused-ring (bicyclic) bond motifs is 1. The minimum absolute atomic E-state index is 0.140. The molecule has 0 saturated heterocycles. The van der Waals surface area contributed by atoms with Crippen molar-refractivity contribution in [3.63, 3.8) is 0 Å². The highest BCUT2D eigenvalue weighted by Gasteiger charge is 2.13. The van der Waals surface area contributed by atoms with Gasteiger partial charge in [0.2, 0.25) is 5.91 Å². The third-order valence-corrected chi connectivity index (χ3v) is 3.78. The van der Waals surface area contributed by atoms with Crippen LogP contribution in [-0.4, -0.2) is 26.2 Å². The summed E-state index contributed by atoms with van der Waals surface area (Å²) in [4.78, 5) is 16.6. The van der Waals surface area contributed by atoms with E-state index in [4.69, 9.17) is 4.52 Å². The van der Waals surface area contributed by atoms with Gasteiger partial charge in [-0.15, -0.1) is 0 Å². The molecule has 0 unspecified atom stereocenters. The second-order valence-electron chi connectivity index (χ2n) is 5.68. The number of aromatic nitrogens is 4. The molecular weight excluding hydrogens is 318 g/mol. The Labute approximate surface area is 143 Å². The molecule has 0 aliphatic carbocycles. The van der Waals surface area contributed by atoms with E-state index in [0.29, 0.717) is 22.8 Å². The van der Waals surface area contributed by atoms with Crippen LogP contribution in [0.5, 0.6) is 0 Å². The summed E-state index contributed by atoms with van der Waals surface area (Å²) in [6.45, 7) is 1.84. The number of aryl methyl sites for hydroxylation is 1. The molecule has 2 aromatic carbocycles. The zero-order valence-corrected chi connectivity index (χ0v) is 13.5. The fraction of sp³-hybridized carbons (Fsp3) is 0.111. The standard InChI is InChI=1S/C18H15N5O2/c1-11-19-18(22-21-11)12-5-4-6-13(9-12)20-17(24)10-15-14-7-2-3-8-16(14)25-23-15/h2-9H,10H2,1H3,(H,20,24)(H,19,21,22). The first-order valence-corrected chi connectivity index (χ1v) is 7.81. The highest BCUT2D eigenvalue weighted by Crippen LogP contribution is 2.21. The molecule has 0 atom stereocenters. The van der Waals surface area contributed by atoms with E-state index >= 15 is 0 Å². The molecule has 0 bridgehead atoms. The lowest BCUT2D eigenvalue weighted by Crippen LogP contribution is -2.14. The lowest BCUT2D eigenvalue weighted by Gasteiger charge is -2.05. The molecule has 124 valence electrons. The SMILES string of the molecule is Cc1nc(-c2cccc(NC(=O)Cc3noc4ccccc34)c2)n[nH]1. The molecule has 0 aliphatic rings. The van der Waals surface area contributed by atoms with Crippen LogP contribution in [0.15, 0.2) is 53.1 Å². The van der Waals surface area contributed by atoms with Crippen molar-refractivity contribution in [2.75, 3.05) is 5.32 Å². The molecule has 4 aromatic rings. The Kier molecular flexibility index (Phi) is 3.74. The van der Waals surface area contributed by atoms with Gasteiger partial charge in [-0.1, -0.05) is 29.4 Å². The Balaban J connectivity index is 1.51. The molecule has 0 radical (unpaired) electrons. The van der Waals surface area contributed by atoms with E-state index in [1.165, 1.54) is 0 Å². The van der Waals surface area contributed by atoms with Gasteiger partial charge >= 0.3 is 0 Å². The monoisotopic (exact) mass is 333 g/mol. The number of hydrogen-bond donors (Lipinski definition) is 2. The second kappa shape index (κ2) is 6.20. The maximum Gasteiger partial charge on any atom is 0.230 e. The Morgan fingerprint density at radius 2 is 2.08 bits per heavy atom. The van der Waals surface area contributed by atoms with Crippen molar-refractivity contribution >= 4 is 22.6 Å². The van der Waals surface area contributed by atoms with Crippen molar-refractivity contribution in [1.82, 2.24) is 20.3 Å². The number of nitrogens with one attached hydrogen (secondary N) is 2. The van der Waals surface area contributed by atoms with Gasteiger partial charge in [-0.25, -0.2) is 4.98 Å². The highest BCUT2D eigenvalue weighted by atomic mass is 16.5. The number of aromatic amines is 1. The fourth-order valence-corrected chi connectivity index (χ4v) is 2.63. The van der Waals surface area contributed by atoms with Gasteiger partial charge in [-0.2, -0.15) is 5.10 Å². The predicted molar refractivity (Wildman–Crippen MR) is 92.9 cm³/mol.